The Balaban J connectivity index is 1.98. The van der Waals surface area contributed by atoms with Crippen molar-refractivity contribution in [3.05, 3.63) is 29.6 Å². The number of benzene rings is 1. The number of rotatable bonds is 3. The molecule has 1 heterocycles. The first-order valence-corrected chi connectivity index (χ1v) is 6.66. The summed E-state index contributed by atoms with van der Waals surface area (Å²) < 4.78 is 45.6. The Labute approximate surface area is 120 Å². The second-order valence-corrected chi connectivity index (χ2v) is 5.09. The summed E-state index contributed by atoms with van der Waals surface area (Å²) in [5.41, 5.74) is 0.589. The highest BCUT2D eigenvalue weighted by atomic mass is 19.3. The number of nitrogens with one attached hydrogen (secondary N) is 1. The van der Waals surface area contributed by atoms with Gasteiger partial charge in [0.05, 0.1) is 12.2 Å². The van der Waals surface area contributed by atoms with Gasteiger partial charge in [0.2, 0.25) is 0 Å². The van der Waals surface area contributed by atoms with Crippen LogP contribution < -0.4 is 5.32 Å². The monoisotopic (exact) mass is 302 g/mol. The third-order valence-electron chi connectivity index (χ3n) is 3.39. The summed E-state index contributed by atoms with van der Waals surface area (Å²) in [5.74, 6) is -3.74. The van der Waals surface area contributed by atoms with Crippen molar-refractivity contribution in [2.45, 2.75) is 25.9 Å². The van der Waals surface area contributed by atoms with Gasteiger partial charge in [0.25, 0.3) is 5.92 Å². The van der Waals surface area contributed by atoms with Crippen molar-refractivity contribution >= 4 is 11.8 Å². The maximum Gasteiger partial charge on any atom is 0.412 e. The third-order valence-corrected chi connectivity index (χ3v) is 3.39. The molecule has 7 heteroatoms. The van der Waals surface area contributed by atoms with Crippen molar-refractivity contribution in [1.29, 1.82) is 0 Å². The van der Waals surface area contributed by atoms with E-state index >= 15 is 0 Å². The molecular formula is C14H17F3N2O2. The molecule has 0 spiro atoms. The smallest absolute Gasteiger partial charge is 0.412 e. The van der Waals surface area contributed by atoms with Gasteiger partial charge < -0.3 is 4.74 Å². The molecule has 0 unspecified atom stereocenters. The van der Waals surface area contributed by atoms with Gasteiger partial charge in [-0.2, -0.15) is 0 Å². The summed E-state index contributed by atoms with van der Waals surface area (Å²) >= 11 is 0. The van der Waals surface area contributed by atoms with E-state index in [0.29, 0.717) is 12.1 Å². The van der Waals surface area contributed by atoms with Crippen LogP contribution in [0.2, 0.25) is 0 Å². The fourth-order valence-corrected chi connectivity index (χ4v) is 2.19. The number of aryl methyl sites for hydroxylation is 1. The number of hydrogen-bond acceptors (Lipinski definition) is 3. The van der Waals surface area contributed by atoms with Crippen LogP contribution in [0.1, 0.15) is 12.5 Å². The van der Waals surface area contributed by atoms with E-state index in [4.69, 9.17) is 4.74 Å². The molecule has 1 aliphatic rings. The number of nitrogens with zero attached hydrogens (tertiary/aromatic N) is 1. The van der Waals surface area contributed by atoms with E-state index in [1.807, 2.05) is 0 Å². The van der Waals surface area contributed by atoms with Gasteiger partial charge in [-0.3, -0.25) is 10.2 Å². The lowest BCUT2D eigenvalue weighted by molar-refractivity contribution is -0.0751. The first kappa shape index (κ1) is 15.6. The molecule has 1 atom stereocenters. The van der Waals surface area contributed by atoms with Gasteiger partial charge in [0.1, 0.15) is 5.82 Å². The van der Waals surface area contributed by atoms with Crippen LogP contribution in [-0.4, -0.2) is 42.7 Å². The van der Waals surface area contributed by atoms with Gasteiger partial charge in [-0.15, -0.1) is 0 Å². The molecule has 0 saturated carbocycles. The fourth-order valence-electron chi connectivity index (χ4n) is 2.19. The molecule has 0 aliphatic carbocycles. The number of halogens is 3. The molecule has 0 radical (unpaired) electrons. The molecule has 21 heavy (non-hydrogen) atoms. The van der Waals surface area contributed by atoms with Crippen LogP contribution in [0.4, 0.5) is 23.7 Å². The van der Waals surface area contributed by atoms with Gasteiger partial charge in [-0.1, -0.05) is 13.0 Å². The molecule has 1 fully saturated rings. The summed E-state index contributed by atoms with van der Waals surface area (Å²) in [6.45, 7) is 3.42. The molecule has 1 saturated heterocycles. The summed E-state index contributed by atoms with van der Waals surface area (Å²) in [6.07, 6.45) is -2.61. The highest BCUT2D eigenvalue weighted by molar-refractivity contribution is 5.85. The number of carbonyl (C=O) groups excluding carboxylic acids is 1. The molecule has 1 aromatic rings. The molecule has 2 rings (SSSR count). The summed E-state index contributed by atoms with van der Waals surface area (Å²) in [7, 11) is 0. The van der Waals surface area contributed by atoms with E-state index in [-0.39, 0.29) is 12.2 Å². The molecular weight excluding hydrogens is 285 g/mol. The molecule has 0 bridgehead atoms. The highest BCUT2D eigenvalue weighted by Gasteiger charge is 2.50. The number of hydrogen-bond donors (Lipinski definition) is 1. The maximum atomic E-state index is 13.7. The molecule has 1 N–H and O–H groups in total. The minimum Gasteiger partial charge on any atom is -0.438 e. The highest BCUT2D eigenvalue weighted by Crippen LogP contribution is 2.30. The van der Waals surface area contributed by atoms with E-state index in [0.717, 1.165) is 0 Å². The average Bonchev–Trinajstić information content (AvgIpc) is 2.68. The van der Waals surface area contributed by atoms with Crippen LogP contribution in [0.15, 0.2) is 18.2 Å². The molecule has 1 aliphatic heterocycles. The van der Waals surface area contributed by atoms with Crippen LogP contribution in [0.25, 0.3) is 0 Å². The average molecular weight is 302 g/mol. The molecule has 0 aromatic heterocycles. The minimum absolute atomic E-state index is 0.0344. The Bertz CT molecular complexity index is 537. The summed E-state index contributed by atoms with van der Waals surface area (Å²) in [6, 6.07) is 4.19. The van der Waals surface area contributed by atoms with Gasteiger partial charge in [0.15, 0.2) is 6.10 Å². The second kappa shape index (κ2) is 5.93. The predicted molar refractivity (Wildman–Crippen MR) is 72.1 cm³/mol. The lowest BCUT2D eigenvalue weighted by Gasteiger charge is -2.18. The number of anilines is 1. The van der Waals surface area contributed by atoms with Crippen LogP contribution >= 0.6 is 0 Å². The first-order chi connectivity index (χ1) is 9.81. The van der Waals surface area contributed by atoms with Gasteiger partial charge >= 0.3 is 6.09 Å². The van der Waals surface area contributed by atoms with Crippen LogP contribution in [-0.2, 0) is 4.74 Å². The van der Waals surface area contributed by atoms with E-state index in [1.54, 1.807) is 19.9 Å². The largest absolute Gasteiger partial charge is 0.438 e. The minimum atomic E-state index is -3.10. The zero-order chi connectivity index (χ0) is 15.6. The lowest BCUT2D eigenvalue weighted by atomic mass is 10.2. The van der Waals surface area contributed by atoms with Crippen molar-refractivity contribution < 1.29 is 22.7 Å². The Morgan fingerprint density at radius 2 is 2.24 bits per heavy atom. The standard InChI is InChI=1S/C14H17F3N2O2/c1-3-19-7-12(14(16,17)8-19)21-13(20)18-11-5-4-9(2)6-10(11)15/h4-6,12H,3,7-8H2,1-2H3,(H,18,20)/t12-/m0/s1. The van der Waals surface area contributed by atoms with Crippen molar-refractivity contribution in [3.8, 4) is 0 Å². The van der Waals surface area contributed by atoms with Crippen molar-refractivity contribution in [3.63, 3.8) is 0 Å². The molecule has 116 valence electrons. The van der Waals surface area contributed by atoms with Crippen LogP contribution in [0.5, 0.6) is 0 Å². The topological polar surface area (TPSA) is 41.6 Å². The maximum absolute atomic E-state index is 13.7. The van der Waals surface area contributed by atoms with Gasteiger partial charge in [-0.25, -0.2) is 18.0 Å². The Morgan fingerprint density at radius 3 is 2.81 bits per heavy atom. The van der Waals surface area contributed by atoms with E-state index in [1.165, 1.54) is 17.0 Å². The quantitative estimate of drug-likeness (QED) is 0.933. The number of likely N-dealkylation sites (N-methyl/N-ethyl adjacent to an activating group) is 1. The molecule has 1 aromatic carbocycles. The Kier molecular flexibility index (Phi) is 4.41. The zero-order valence-corrected chi connectivity index (χ0v) is 11.8. The first-order valence-electron chi connectivity index (χ1n) is 6.66. The van der Waals surface area contributed by atoms with E-state index in [2.05, 4.69) is 5.32 Å². The number of ether oxygens (including phenoxy) is 1. The zero-order valence-electron chi connectivity index (χ0n) is 11.8. The molecule has 4 nitrogen and oxygen atoms in total. The summed E-state index contributed by atoms with van der Waals surface area (Å²) in [4.78, 5) is 13.1. The fraction of sp³-hybridized carbons (Fsp3) is 0.500. The second-order valence-electron chi connectivity index (χ2n) is 5.09. The third kappa shape index (κ3) is 3.66. The van der Waals surface area contributed by atoms with Crippen molar-refractivity contribution in [1.82, 2.24) is 4.90 Å². The Hall–Kier alpha value is -1.76. The number of alkyl halides is 2. The van der Waals surface area contributed by atoms with Gasteiger partial charge in [-0.05, 0) is 31.2 Å². The van der Waals surface area contributed by atoms with Crippen molar-refractivity contribution in [2.24, 2.45) is 0 Å². The normalized spacial score (nSPS) is 21.3. The predicted octanol–water partition coefficient (Wildman–Crippen LogP) is 3.02. The van der Waals surface area contributed by atoms with E-state index < -0.39 is 30.5 Å². The van der Waals surface area contributed by atoms with Crippen LogP contribution in [0.3, 0.4) is 0 Å². The summed E-state index contributed by atoms with van der Waals surface area (Å²) in [5, 5.41) is 2.15. The van der Waals surface area contributed by atoms with Gasteiger partial charge in [0, 0.05) is 6.54 Å². The SMILES string of the molecule is CCN1C[C@H](OC(=O)Nc2ccc(C)cc2F)C(F)(F)C1. The van der Waals surface area contributed by atoms with E-state index in [9.17, 15) is 18.0 Å². The Morgan fingerprint density at radius 1 is 1.52 bits per heavy atom. The molecule has 1 amide bonds. The van der Waals surface area contributed by atoms with Crippen molar-refractivity contribution in [2.75, 3.05) is 25.0 Å². The lowest BCUT2D eigenvalue weighted by Crippen LogP contribution is -2.37. The number of carbonyl (C=O) groups is 1. The number of likely N-dealkylation sites (tertiary alicyclic amines) is 1. The van der Waals surface area contributed by atoms with Crippen LogP contribution in [0, 0.1) is 12.7 Å². The number of amides is 1.